The molecule has 0 bridgehead atoms. The molecular weight excluding hydrogens is 240 g/mol. The summed E-state index contributed by atoms with van der Waals surface area (Å²) in [6.07, 6.45) is 0. The van der Waals surface area contributed by atoms with Gasteiger partial charge < -0.3 is 9.72 Å². The maximum Gasteiger partial charge on any atom is 0.254 e. The maximum absolute atomic E-state index is 12.0. The second-order valence-corrected chi connectivity index (χ2v) is 4.97. The predicted octanol–water partition coefficient (Wildman–Crippen LogP) is 2.63. The summed E-state index contributed by atoms with van der Waals surface area (Å²) < 4.78 is 5.38. The van der Waals surface area contributed by atoms with Gasteiger partial charge in [0.25, 0.3) is 5.56 Å². The lowest BCUT2D eigenvalue weighted by Crippen LogP contribution is -2.28. The normalized spacial score (nSPS) is 11.6. The average molecular weight is 258 g/mol. The van der Waals surface area contributed by atoms with Crippen molar-refractivity contribution in [3.8, 4) is 11.3 Å². The highest BCUT2D eigenvalue weighted by molar-refractivity contribution is 5.62. The van der Waals surface area contributed by atoms with E-state index in [4.69, 9.17) is 4.74 Å². The van der Waals surface area contributed by atoms with E-state index in [1.54, 1.807) is 14.0 Å². The van der Waals surface area contributed by atoms with Crippen molar-refractivity contribution in [1.29, 1.82) is 0 Å². The van der Waals surface area contributed by atoms with Gasteiger partial charge in [0.1, 0.15) is 11.4 Å². The van der Waals surface area contributed by atoms with Crippen LogP contribution < -0.4 is 5.56 Å². The molecule has 0 spiro atoms. The van der Waals surface area contributed by atoms with Crippen molar-refractivity contribution in [2.24, 2.45) is 0 Å². The number of aromatic nitrogens is 2. The molecule has 0 atom stereocenters. The van der Waals surface area contributed by atoms with Gasteiger partial charge in [-0.05, 0) is 20.8 Å². The second-order valence-electron chi connectivity index (χ2n) is 4.97. The average Bonchev–Trinajstić information content (AvgIpc) is 2.42. The Morgan fingerprint density at radius 3 is 2.42 bits per heavy atom. The van der Waals surface area contributed by atoms with E-state index >= 15 is 0 Å². The number of nitrogens with one attached hydrogen (secondary N) is 1. The molecule has 0 fully saturated rings. The quantitative estimate of drug-likeness (QED) is 0.920. The Balaban J connectivity index is 2.66. The number of rotatable bonds is 3. The highest BCUT2D eigenvalue weighted by Gasteiger charge is 2.24. The molecule has 0 aliphatic rings. The molecule has 2 rings (SSSR count). The van der Waals surface area contributed by atoms with E-state index in [0.717, 1.165) is 5.56 Å². The number of benzene rings is 1. The molecule has 4 nitrogen and oxygen atoms in total. The lowest BCUT2D eigenvalue weighted by atomic mass is 10.1. The van der Waals surface area contributed by atoms with E-state index in [2.05, 4.69) is 9.97 Å². The molecule has 0 aliphatic carbocycles. The summed E-state index contributed by atoms with van der Waals surface area (Å²) in [5.74, 6) is 0.532. The zero-order valence-corrected chi connectivity index (χ0v) is 11.7. The summed E-state index contributed by atoms with van der Waals surface area (Å²) in [7, 11) is 1.60. The molecule has 100 valence electrons. The molecule has 0 radical (unpaired) electrons. The minimum Gasteiger partial charge on any atom is -0.371 e. The summed E-state index contributed by atoms with van der Waals surface area (Å²) in [5.41, 5.74) is 1.48. The number of H-pyrrole nitrogens is 1. The number of hydrogen-bond donors (Lipinski definition) is 1. The molecule has 0 saturated carbocycles. The van der Waals surface area contributed by atoms with Gasteiger partial charge in [0.15, 0.2) is 0 Å². The summed E-state index contributed by atoms with van der Waals surface area (Å²) in [6.45, 7) is 5.52. The van der Waals surface area contributed by atoms with Crippen molar-refractivity contribution >= 4 is 0 Å². The van der Waals surface area contributed by atoms with E-state index < -0.39 is 5.60 Å². The first kappa shape index (κ1) is 13.5. The van der Waals surface area contributed by atoms with E-state index in [-0.39, 0.29) is 5.56 Å². The Hall–Kier alpha value is -1.94. The molecule has 4 heteroatoms. The van der Waals surface area contributed by atoms with Crippen LogP contribution in [0.2, 0.25) is 0 Å². The highest BCUT2D eigenvalue weighted by Crippen LogP contribution is 2.23. The topological polar surface area (TPSA) is 55.0 Å². The van der Waals surface area contributed by atoms with Crippen LogP contribution in [0.3, 0.4) is 0 Å². The molecule has 1 aromatic heterocycles. The first-order valence-electron chi connectivity index (χ1n) is 6.17. The molecule has 0 unspecified atom stereocenters. The Morgan fingerprint density at radius 1 is 1.21 bits per heavy atom. The van der Waals surface area contributed by atoms with Crippen molar-refractivity contribution < 1.29 is 4.74 Å². The van der Waals surface area contributed by atoms with Gasteiger partial charge in [-0.15, -0.1) is 0 Å². The smallest absolute Gasteiger partial charge is 0.254 e. The largest absolute Gasteiger partial charge is 0.371 e. The van der Waals surface area contributed by atoms with Gasteiger partial charge in [-0.2, -0.15) is 0 Å². The van der Waals surface area contributed by atoms with Crippen molar-refractivity contribution in [2.45, 2.75) is 26.4 Å². The number of nitrogens with zero attached hydrogens (tertiary/aromatic N) is 1. The Labute approximate surface area is 112 Å². The molecule has 0 amide bonds. The number of methoxy groups -OCH3 is 1. The first-order valence-corrected chi connectivity index (χ1v) is 6.17. The Morgan fingerprint density at radius 2 is 1.84 bits per heavy atom. The number of aromatic amines is 1. The summed E-state index contributed by atoms with van der Waals surface area (Å²) >= 11 is 0. The van der Waals surface area contributed by atoms with Gasteiger partial charge >= 0.3 is 0 Å². The Kier molecular flexibility index (Phi) is 3.53. The minimum atomic E-state index is -0.629. The Bertz CT molecular complexity index is 630. The second kappa shape index (κ2) is 4.97. The first-order chi connectivity index (χ1) is 8.95. The van der Waals surface area contributed by atoms with Gasteiger partial charge in [0.05, 0.1) is 5.69 Å². The van der Waals surface area contributed by atoms with Crippen LogP contribution in [0.1, 0.15) is 25.2 Å². The van der Waals surface area contributed by atoms with Gasteiger partial charge in [-0.3, -0.25) is 4.79 Å². The summed E-state index contributed by atoms with van der Waals surface area (Å²) in [5, 5.41) is 0. The molecular formula is C15H18N2O2. The standard InChI is InChI=1S/C15H18N2O2/c1-10-12(11-8-6-5-7-9-11)16-14(17-13(10)18)15(2,3)19-4/h5-9H,1-4H3,(H,16,17,18). The molecule has 2 aromatic rings. The lowest BCUT2D eigenvalue weighted by Gasteiger charge is -2.22. The summed E-state index contributed by atoms with van der Waals surface area (Å²) in [4.78, 5) is 19.4. The van der Waals surface area contributed by atoms with Gasteiger partial charge in [-0.1, -0.05) is 30.3 Å². The monoisotopic (exact) mass is 258 g/mol. The SMILES string of the molecule is COC(C)(C)c1nc(-c2ccccc2)c(C)c(=O)[nH]1. The molecule has 0 aliphatic heterocycles. The molecule has 19 heavy (non-hydrogen) atoms. The van der Waals surface area contributed by atoms with Crippen LogP contribution in [-0.2, 0) is 10.3 Å². The lowest BCUT2D eigenvalue weighted by molar-refractivity contribution is 0.0113. The van der Waals surface area contributed by atoms with Crippen molar-refractivity contribution in [3.63, 3.8) is 0 Å². The molecule has 1 aromatic carbocycles. The highest BCUT2D eigenvalue weighted by atomic mass is 16.5. The van der Waals surface area contributed by atoms with Crippen LogP contribution in [0.4, 0.5) is 0 Å². The zero-order valence-electron chi connectivity index (χ0n) is 11.7. The van der Waals surface area contributed by atoms with Crippen LogP contribution in [0, 0.1) is 6.92 Å². The third kappa shape index (κ3) is 2.58. The van der Waals surface area contributed by atoms with Crippen molar-refractivity contribution in [3.05, 3.63) is 52.1 Å². The third-order valence-electron chi connectivity index (χ3n) is 3.28. The van der Waals surface area contributed by atoms with Crippen LogP contribution in [0.15, 0.2) is 35.1 Å². The molecule has 0 saturated heterocycles. The third-order valence-corrected chi connectivity index (χ3v) is 3.28. The van der Waals surface area contributed by atoms with Crippen LogP contribution in [-0.4, -0.2) is 17.1 Å². The van der Waals surface area contributed by atoms with Crippen LogP contribution in [0.25, 0.3) is 11.3 Å². The fraction of sp³-hybridized carbons (Fsp3) is 0.333. The van der Waals surface area contributed by atoms with Crippen molar-refractivity contribution in [1.82, 2.24) is 9.97 Å². The van der Waals surface area contributed by atoms with Gasteiger partial charge in [-0.25, -0.2) is 4.98 Å². The minimum absolute atomic E-state index is 0.131. The van der Waals surface area contributed by atoms with Crippen molar-refractivity contribution in [2.75, 3.05) is 7.11 Å². The van der Waals surface area contributed by atoms with E-state index in [1.807, 2.05) is 44.2 Å². The number of hydrogen-bond acceptors (Lipinski definition) is 3. The molecule has 1 heterocycles. The van der Waals surface area contributed by atoms with E-state index in [0.29, 0.717) is 17.1 Å². The van der Waals surface area contributed by atoms with Gasteiger partial charge in [0.2, 0.25) is 0 Å². The zero-order chi connectivity index (χ0) is 14.0. The predicted molar refractivity (Wildman–Crippen MR) is 75.1 cm³/mol. The van der Waals surface area contributed by atoms with Gasteiger partial charge in [0, 0.05) is 18.2 Å². The van der Waals surface area contributed by atoms with Crippen LogP contribution in [0.5, 0.6) is 0 Å². The maximum atomic E-state index is 12.0. The van der Waals surface area contributed by atoms with Crippen LogP contribution >= 0.6 is 0 Å². The number of ether oxygens (including phenoxy) is 1. The fourth-order valence-corrected chi connectivity index (χ4v) is 1.79. The molecule has 1 N–H and O–H groups in total. The fourth-order valence-electron chi connectivity index (χ4n) is 1.79. The summed E-state index contributed by atoms with van der Waals surface area (Å²) in [6, 6.07) is 9.68. The van der Waals surface area contributed by atoms with E-state index in [1.165, 1.54) is 0 Å². The van der Waals surface area contributed by atoms with E-state index in [9.17, 15) is 4.79 Å².